The Balaban J connectivity index is 1.90. The van der Waals surface area contributed by atoms with Crippen molar-refractivity contribution < 1.29 is 44.5 Å². The van der Waals surface area contributed by atoms with E-state index in [1.807, 2.05) is 6.92 Å². The van der Waals surface area contributed by atoms with Crippen LogP contribution in [0.4, 0.5) is 0 Å². The second-order valence-corrected chi connectivity index (χ2v) is 6.97. The van der Waals surface area contributed by atoms with Crippen molar-refractivity contribution >= 4 is 5.97 Å². The monoisotopic (exact) mass is 420 g/mol. The van der Waals surface area contributed by atoms with Gasteiger partial charge in [0.1, 0.15) is 35.9 Å². The van der Waals surface area contributed by atoms with Crippen LogP contribution in [0, 0.1) is 6.92 Å². The molecule has 0 unspecified atom stereocenters. The van der Waals surface area contributed by atoms with Crippen LogP contribution in [0.2, 0.25) is 0 Å². The number of hydrogen-bond donors (Lipinski definition) is 5. The number of aliphatic hydroxyl groups is 4. The van der Waals surface area contributed by atoms with Crippen LogP contribution in [0.3, 0.4) is 0 Å². The van der Waals surface area contributed by atoms with E-state index in [9.17, 15) is 25.2 Å². The van der Waals surface area contributed by atoms with Crippen molar-refractivity contribution in [2.24, 2.45) is 0 Å². The second kappa shape index (κ2) is 9.41. The smallest absolute Gasteiger partial charge is 0.341 e. The molecule has 3 rings (SSSR count). The largest absolute Gasteiger partial charge is 0.482 e. The van der Waals surface area contributed by atoms with Crippen LogP contribution in [0.1, 0.15) is 5.56 Å². The van der Waals surface area contributed by atoms with Crippen molar-refractivity contribution in [2.75, 3.05) is 13.2 Å². The number of carboxylic acids is 1. The van der Waals surface area contributed by atoms with Gasteiger partial charge in [-0.2, -0.15) is 0 Å². The van der Waals surface area contributed by atoms with Crippen molar-refractivity contribution in [1.29, 1.82) is 0 Å². The summed E-state index contributed by atoms with van der Waals surface area (Å²) in [5, 5.41) is 48.3. The molecule has 1 heterocycles. The standard InChI is InChI=1S/C21H24O9/c1-11-6-7-12(28-10-17(23)24)8-14(11)13-4-2-3-5-15(13)29-21-20(27)19(26)18(25)16(9-22)30-21/h2-8,16,18-22,25-27H,9-10H2,1H3,(H,23,24)/t16-,18-,19-,20+,21+/m1/s1. The van der Waals surface area contributed by atoms with Crippen LogP contribution in [-0.4, -0.2) is 75.4 Å². The predicted molar refractivity (Wildman–Crippen MR) is 104 cm³/mol. The van der Waals surface area contributed by atoms with Gasteiger partial charge >= 0.3 is 5.97 Å². The van der Waals surface area contributed by atoms with Gasteiger partial charge in [-0.25, -0.2) is 4.79 Å². The maximum absolute atomic E-state index is 10.8. The summed E-state index contributed by atoms with van der Waals surface area (Å²) in [6, 6.07) is 12.0. The zero-order valence-corrected chi connectivity index (χ0v) is 16.2. The molecule has 5 atom stereocenters. The lowest BCUT2D eigenvalue weighted by atomic mass is 9.98. The van der Waals surface area contributed by atoms with E-state index in [1.165, 1.54) is 0 Å². The number of aliphatic hydroxyl groups excluding tert-OH is 4. The molecule has 5 N–H and O–H groups in total. The summed E-state index contributed by atoms with van der Waals surface area (Å²) < 4.78 is 16.5. The van der Waals surface area contributed by atoms with Gasteiger partial charge in [0.05, 0.1) is 6.61 Å². The molecular formula is C21H24O9. The summed E-state index contributed by atoms with van der Waals surface area (Å²) in [4.78, 5) is 10.8. The highest BCUT2D eigenvalue weighted by molar-refractivity contribution is 5.74. The first-order valence-electron chi connectivity index (χ1n) is 9.33. The summed E-state index contributed by atoms with van der Waals surface area (Å²) in [6.45, 7) is 0.820. The molecular weight excluding hydrogens is 396 g/mol. The van der Waals surface area contributed by atoms with E-state index in [0.29, 0.717) is 22.6 Å². The Morgan fingerprint density at radius 3 is 2.47 bits per heavy atom. The number of carboxylic acid groups (broad SMARTS) is 1. The molecule has 0 spiro atoms. The third-order valence-corrected chi connectivity index (χ3v) is 4.84. The zero-order valence-electron chi connectivity index (χ0n) is 16.2. The molecule has 0 saturated carbocycles. The van der Waals surface area contributed by atoms with Gasteiger partial charge in [0, 0.05) is 5.56 Å². The van der Waals surface area contributed by atoms with Crippen molar-refractivity contribution in [3.05, 3.63) is 48.0 Å². The highest BCUT2D eigenvalue weighted by Crippen LogP contribution is 2.36. The zero-order chi connectivity index (χ0) is 21.8. The fraction of sp³-hybridized carbons (Fsp3) is 0.381. The van der Waals surface area contributed by atoms with Crippen LogP contribution >= 0.6 is 0 Å². The van der Waals surface area contributed by atoms with Gasteiger partial charge in [0.25, 0.3) is 0 Å². The number of rotatable bonds is 7. The summed E-state index contributed by atoms with van der Waals surface area (Å²) in [5.41, 5.74) is 2.19. The highest BCUT2D eigenvalue weighted by Gasteiger charge is 2.44. The maximum atomic E-state index is 10.8. The maximum Gasteiger partial charge on any atom is 0.341 e. The number of benzene rings is 2. The van der Waals surface area contributed by atoms with Crippen LogP contribution in [0.25, 0.3) is 11.1 Å². The molecule has 1 fully saturated rings. The first kappa shape index (κ1) is 22.0. The number of hydrogen-bond acceptors (Lipinski definition) is 8. The molecule has 2 aromatic rings. The second-order valence-electron chi connectivity index (χ2n) is 6.97. The molecule has 1 aliphatic rings. The Morgan fingerprint density at radius 1 is 1.03 bits per heavy atom. The van der Waals surface area contributed by atoms with Gasteiger partial charge < -0.3 is 39.7 Å². The van der Waals surface area contributed by atoms with E-state index < -0.39 is 49.9 Å². The fourth-order valence-electron chi connectivity index (χ4n) is 3.21. The topological polar surface area (TPSA) is 146 Å². The van der Waals surface area contributed by atoms with Gasteiger partial charge in [-0.15, -0.1) is 0 Å². The summed E-state index contributed by atoms with van der Waals surface area (Å²) in [6.07, 6.45) is -6.99. The Kier molecular flexibility index (Phi) is 6.91. The minimum Gasteiger partial charge on any atom is -0.482 e. The number of aryl methyl sites for hydroxylation is 1. The Labute approximate surface area is 172 Å². The van der Waals surface area contributed by atoms with Gasteiger partial charge in [0.2, 0.25) is 6.29 Å². The van der Waals surface area contributed by atoms with Crippen LogP contribution in [0.15, 0.2) is 42.5 Å². The first-order valence-corrected chi connectivity index (χ1v) is 9.33. The van der Waals surface area contributed by atoms with Crippen molar-refractivity contribution in [3.63, 3.8) is 0 Å². The lowest BCUT2D eigenvalue weighted by Crippen LogP contribution is -2.60. The van der Waals surface area contributed by atoms with Crippen molar-refractivity contribution in [3.8, 4) is 22.6 Å². The van der Waals surface area contributed by atoms with Crippen molar-refractivity contribution in [1.82, 2.24) is 0 Å². The van der Waals surface area contributed by atoms with E-state index in [2.05, 4.69) is 0 Å². The van der Waals surface area contributed by atoms with E-state index in [0.717, 1.165) is 5.56 Å². The van der Waals surface area contributed by atoms with Crippen molar-refractivity contribution in [2.45, 2.75) is 37.6 Å². The lowest BCUT2D eigenvalue weighted by Gasteiger charge is -2.39. The van der Waals surface area contributed by atoms with Gasteiger partial charge in [-0.3, -0.25) is 0 Å². The van der Waals surface area contributed by atoms with Gasteiger partial charge in [0.15, 0.2) is 6.61 Å². The summed E-state index contributed by atoms with van der Waals surface area (Å²) in [7, 11) is 0. The molecule has 30 heavy (non-hydrogen) atoms. The number of aliphatic carboxylic acids is 1. The quantitative estimate of drug-likeness (QED) is 0.427. The SMILES string of the molecule is Cc1ccc(OCC(=O)O)cc1-c1ccccc1O[C@H]1O[C@H](CO)[C@@H](O)[C@@H](O)[C@@H]1O. The van der Waals surface area contributed by atoms with Gasteiger partial charge in [-0.05, 0) is 36.2 Å². The Bertz CT molecular complexity index is 883. The average Bonchev–Trinajstić information content (AvgIpc) is 2.74. The van der Waals surface area contributed by atoms with Crippen LogP contribution in [0.5, 0.6) is 11.5 Å². The number of para-hydroxylation sites is 1. The number of ether oxygens (including phenoxy) is 3. The summed E-state index contributed by atoms with van der Waals surface area (Å²) in [5.74, 6) is -0.413. The van der Waals surface area contributed by atoms with E-state index >= 15 is 0 Å². The van der Waals surface area contributed by atoms with Gasteiger partial charge in [-0.1, -0.05) is 24.3 Å². The van der Waals surface area contributed by atoms with E-state index in [4.69, 9.17) is 19.3 Å². The molecule has 1 saturated heterocycles. The first-order chi connectivity index (χ1) is 14.3. The lowest BCUT2D eigenvalue weighted by molar-refractivity contribution is -0.277. The van der Waals surface area contributed by atoms with Crippen LogP contribution in [-0.2, 0) is 9.53 Å². The molecule has 9 nitrogen and oxygen atoms in total. The predicted octanol–water partition coefficient (Wildman–Crippen LogP) is 0.304. The molecule has 0 bridgehead atoms. The molecule has 9 heteroatoms. The molecule has 162 valence electrons. The normalized spacial score (nSPS) is 26.2. The average molecular weight is 420 g/mol. The fourth-order valence-corrected chi connectivity index (χ4v) is 3.21. The molecule has 2 aromatic carbocycles. The summed E-state index contributed by atoms with van der Waals surface area (Å²) >= 11 is 0. The molecule has 0 aromatic heterocycles. The Morgan fingerprint density at radius 2 is 1.77 bits per heavy atom. The minimum atomic E-state index is -1.55. The van der Waals surface area contributed by atoms with E-state index in [-0.39, 0.29) is 0 Å². The third kappa shape index (κ3) is 4.72. The molecule has 0 amide bonds. The van der Waals surface area contributed by atoms with Crippen LogP contribution < -0.4 is 9.47 Å². The molecule has 1 aliphatic heterocycles. The highest BCUT2D eigenvalue weighted by atomic mass is 16.7. The number of carbonyl (C=O) groups is 1. The minimum absolute atomic E-state index is 0.320. The Hall–Kier alpha value is -2.69. The molecule has 0 radical (unpaired) electrons. The van der Waals surface area contributed by atoms with E-state index in [1.54, 1.807) is 42.5 Å². The molecule has 0 aliphatic carbocycles. The third-order valence-electron chi connectivity index (χ3n) is 4.84.